The second-order valence-corrected chi connectivity index (χ2v) is 8.77. The van der Waals surface area contributed by atoms with E-state index < -0.39 is 0 Å². The molecule has 0 N–H and O–H groups in total. The molecule has 0 aliphatic carbocycles. The van der Waals surface area contributed by atoms with E-state index in [0.717, 1.165) is 44.3 Å². The summed E-state index contributed by atoms with van der Waals surface area (Å²) in [5.74, 6) is -0.137. The first-order chi connectivity index (χ1) is 16.6. The molecule has 0 unspecified atom stereocenters. The van der Waals surface area contributed by atoms with Gasteiger partial charge in [0.2, 0.25) is 5.78 Å². The molecule has 0 saturated heterocycles. The summed E-state index contributed by atoms with van der Waals surface area (Å²) in [6, 6.07) is 21.9. The Morgan fingerprint density at radius 1 is 1.00 bits per heavy atom. The van der Waals surface area contributed by atoms with Gasteiger partial charge in [-0.15, -0.1) is 0 Å². The van der Waals surface area contributed by atoms with Crippen molar-refractivity contribution >= 4 is 34.5 Å². The fraction of sp³-hybridized carbons (Fsp3) is 0.111. The van der Waals surface area contributed by atoms with Crippen LogP contribution >= 0.6 is 11.8 Å². The Morgan fingerprint density at radius 3 is 2.62 bits per heavy atom. The van der Waals surface area contributed by atoms with Crippen molar-refractivity contribution in [2.24, 2.45) is 0 Å². The van der Waals surface area contributed by atoms with Crippen LogP contribution in [0.25, 0.3) is 22.7 Å². The highest BCUT2D eigenvalue weighted by molar-refractivity contribution is 7.99. The molecule has 0 fully saturated rings. The number of hydrogen-bond donors (Lipinski definition) is 0. The van der Waals surface area contributed by atoms with Crippen LogP contribution in [0.2, 0.25) is 0 Å². The van der Waals surface area contributed by atoms with Gasteiger partial charge in [-0.3, -0.25) is 14.5 Å². The average molecular weight is 466 g/mol. The Kier molecular flexibility index (Phi) is 6.10. The molecule has 7 heteroatoms. The smallest absolute Gasteiger partial charge is 0.206 e. The van der Waals surface area contributed by atoms with Gasteiger partial charge in [-0.05, 0) is 56.3 Å². The zero-order valence-electron chi connectivity index (χ0n) is 18.9. The van der Waals surface area contributed by atoms with E-state index >= 15 is 0 Å². The first-order valence-corrected chi connectivity index (χ1v) is 11.9. The van der Waals surface area contributed by atoms with Crippen LogP contribution in [0.3, 0.4) is 0 Å². The van der Waals surface area contributed by atoms with Crippen LogP contribution < -0.4 is 0 Å². The van der Waals surface area contributed by atoms with E-state index in [9.17, 15) is 4.79 Å². The Labute approximate surface area is 202 Å². The van der Waals surface area contributed by atoms with Gasteiger partial charge in [-0.25, -0.2) is 4.68 Å². The quantitative estimate of drug-likeness (QED) is 0.218. The third-order valence-electron chi connectivity index (χ3n) is 5.48. The Bertz CT molecular complexity index is 1500. The van der Waals surface area contributed by atoms with Gasteiger partial charge in [-0.2, -0.15) is 10.2 Å². The lowest BCUT2D eigenvalue weighted by Gasteiger charge is -2.10. The molecule has 168 valence electrons. The fourth-order valence-corrected chi connectivity index (χ4v) is 4.91. The number of carbonyl (C=O) groups is 1. The number of carbonyl (C=O) groups excluding carboxylic acids is 1. The highest BCUT2D eigenvalue weighted by atomic mass is 32.2. The molecule has 2 aromatic carbocycles. The molecular formula is C27H23N5OS. The number of hydrogen-bond acceptors (Lipinski definition) is 5. The number of allylic oxidation sites excluding steroid dienone is 1. The molecule has 0 bridgehead atoms. The van der Waals surface area contributed by atoms with Gasteiger partial charge < -0.3 is 0 Å². The van der Waals surface area contributed by atoms with E-state index in [1.54, 1.807) is 34.8 Å². The maximum absolute atomic E-state index is 12.8. The maximum Gasteiger partial charge on any atom is 0.206 e. The van der Waals surface area contributed by atoms with Crippen LogP contribution in [-0.2, 0) is 6.54 Å². The number of benzene rings is 2. The summed E-state index contributed by atoms with van der Waals surface area (Å²) in [6.45, 7) is 4.67. The van der Waals surface area contributed by atoms with Gasteiger partial charge in [0.25, 0.3) is 0 Å². The van der Waals surface area contributed by atoms with Gasteiger partial charge >= 0.3 is 0 Å². The summed E-state index contributed by atoms with van der Waals surface area (Å²) in [5, 5.41) is 11.1. The normalized spacial score (nSPS) is 11.5. The van der Waals surface area contributed by atoms with Crippen molar-refractivity contribution in [1.29, 1.82) is 0 Å². The van der Waals surface area contributed by atoms with Crippen LogP contribution in [0.5, 0.6) is 0 Å². The fourth-order valence-electron chi connectivity index (χ4n) is 3.73. The summed E-state index contributed by atoms with van der Waals surface area (Å²) in [6.07, 6.45) is 7.04. The number of aryl methyl sites for hydroxylation is 2. The van der Waals surface area contributed by atoms with Gasteiger partial charge in [-0.1, -0.05) is 48.2 Å². The number of nitrogens with zero attached hydrogens (tertiary/aromatic N) is 5. The molecule has 34 heavy (non-hydrogen) atoms. The van der Waals surface area contributed by atoms with Crippen molar-refractivity contribution < 1.29 is 4.79 Å². The number of pyridine rings is 1. The lowest BCUT2D eigenvalue weighted by Crippen LogP contribution is -2.00. The number of aromatic nitrogens is 5. The predicted molar refractivity (Wildman–Crippen MR) is 135 cm³/mol. The van der Waals surface area contributed by atoms with Gasteiger partial charge in [0.05, 0.1) is 16.9 Å². The maximum atomic E-state index is 12.8. The lowest BCUT2D eigenvalue weighted by molar-refractivity contribution is 0.104. The van der Waals surface area contributed by atoms with Crippen LogP contribution in [0, 0.1) is 6.92 Å². The standard InChI is InChI=1S/C27H23N5OS/c1-3-31-18-16-23(30-31)24(33)15-14-22-19(2)29-32(21-11-5-4-6-12-21)27(22)34-25-13-7-9-20-10-8-17-28-26(20)25/h4-18H,3H2,1-2H3/b15-14+. The molecule has 6 nitrogen and oxygen atoms in total. The first kappa shape index (κ1) is 21.9. The van der Waals surface area contributed by atoms with Gasteiger partial charge in [0, 0.05) is 34.8 Å². The third-order valence-corrected chi connectivity index (χ3v) is 6.62. The van der Waals surface area contributed by atoms with Crippen molar-refractivity contribution in [3.63, 3.8) is 0 Å². The van der Waals surface area contributed by atoms with Crippen molar-refractivity contribution in [3.8, 4) is 5.69 Å². The second-order valence-electron chi connectivity index (χ2n) is 7.74. The van der Waals surface area contributed by atoms with Gasteiger partial charge in [0.15, 0.2) is 0 Å². The van der Waals surface area contributed by atoms with E-state index in [2.05, 4.69) is 28.3 Å². The lowest BCUT2D eigenvalue weighted by atomic mass is 10.2. The van der Waals surface area contributed by atoms with Crippen molar-refractivity contribution in [3.05, 3.63) is 102 Å². The molecular weight excluding hydrogens is 442 g/mol. The van der Waals surface area contributed by atoms with Crippen LogP contribution in [-0.4, -0.2) is 30.3 Å². The minimum atomic E-state index is -0.137. The number of fused-ring (bicyclic) bond motifs is 1. The SMILES string of the molecule is CCn1ccc(C(=O)/C=C/c2c(C)nn(-c3ccccc3)c2Sc2cccc3cccnc23)n1. The number of rotatable bonds is 7. The van der Waals surface area contributed by atoms with Crippen LogP contribution in [0.1, 0.15) is 28.7 Å². The van der Waals surface area contributed by atoms with Crippen molar-refractivity contribution in [2.75, 3.05) is 0 Å². The highest BCUT2D eigenvalue weighted by Crippen LogP contribution is 2.37. The summed E-state index contributed by atoms with van der Waals surface area (Å²) in [4.78, 5) is 18.4. The van der Waals surface area contributed by atoms with E-state index in [1.165, 1.54) is 0 Å². The Hall–Kier alpha value is -3.97. The molecule has 3 heterocycles. The average Bonchev–Trinajstić information content (AvgIpc) is 3.48. The zero-order chi connectivity index (χ0) is 23.5. The predicted octanol–water partition coefficient (Wildman–Crippen LogP) is 5.99. The summed E-state index contributed by atoms with van der Waals surface area (Å²) >= 11 is 1.60. The second kappa shape index (κ2) is 9.49. The Morgan fingerprint density at radius 2 is 1.82 bits per heavy atom. The summed E-state index contributed by atoms with van der Waals surface area (Å²) in [7, 11) is 0. The van der Waals surface area contributed by atoms with E-state index in [4.69, 9.17) is 5.10 Å². The topological polar surface area (TPSA) is 65.6 Å². The molecule has 0 amide bonds. The van der Waals surface area contributed by atoms with E-state index in [1.807, 2.05) is 73.3 Å². The Balaban J connectivity index is 1.59. The van der Waals surface area contributed by atoms with E-state index in [-0.39, 0.29) is 5.78 Å². The van der Waals surface area contributed by atoms with Crippen molar-refractivity contribution in [1.82, 2.24) is 24.5 Å². The summed E-state index contributed by atoms with van der Waals surface area (Å²) < 4.78 is 3.67. The molecule has 0 atom stereocenters. The number of para-hydroxylation sites is 2. The molecule has 5 rings (SSSR count). The van der Waals surface area contributed by atoms with E-state index in [0.29, 0.717) is 5.69 Å². The molecule has 0 saturated carbocycles. The molecule has 0 aliphatic heterocycles. The molecule has 0 radical (unpaired) electrons. The van der Waals surface area contributed by atoms with Crippen LogP contribution in [0.15, 0.2) is 95.1 Å². The minimum absolute atomic E-state index is 0.137. The van der Waals surface area contributed by atoms with Gasteiger partial charge in [0.1, 0.15) is 10.7 Å². The molecule has 3 aromatic heterocycles. The zero-order valence-corrected chi connectivity index (χ0v) is 19.7. The minimum Gasteiger partial charge on any atom is -0.287 e. The van der Waals surface area contributed by atoms with Crippen molar-refractivity contribution in [2.45, 2.75) is 30.3 Å². The highest BCUT2D eigenvalue weighted by Gasteiger charge is 2.18. The third kappa shape index (κ3) is 4.30. The molecule has 0 spiro atoms. The largest absolute Gasteiger partial charge is 0.287 e. The first-order valence-electron chi connectivity index (χ1n) is 11.1. The summed E-state index contributed by atoms with van der Waals surface area (Å²) in [5.41, 5.74) is 4.05. The monoisotopic (exact) mass is 465 g/mol. The molecule has 5 aromatic rings. The molecule has 0 aliphatic rings. The number of ketones is 1. The van der Waals surface area contributed by atoms with Crippen LogP contribution in [0.4, 0.5) is 0 Å².